The summed E-state index contributed by atoms with van der Waals surface area (Å²) in [6.07, 6.45) is 0.807. The molecule has 0 aliphatic carbocycles. The van der Waals surface area contributed by atoms with Gasteiger partial charge in [0, 0.05) is 11.9 Å². The molecule has 0 unspecified atom stereocenters. The number of methoxy groups -OCH3 is 2. The molecule has 1 aromatic carbocycles. The van der Waals surface area contributed by atoms with Crippen LogP contribution in [0.25, 0.3) is 0 Å². The fourth-order valence-electron chi connectivity index (χ4n) is 1.13. The van der Waals surface area contributed by atoms with E-state index in [-0.39, 0.29) is 0 Å². The molecule has 0 saturated carbocycles. The van der Waals surface area contributed by atoms with Crippen molar-refractivity contribution in [3.63, 3.8) is 0 Å². The fourth-order valence-corrected chi connectivity index (χ4v) is 1.24. The molecule has 0 aliphatic rings. The summed E-state index contributed by atoms with van der Waals surface area (Å²) in [7, 11) is 3.22. The van der Waals surface area contributed by atoms with Crippen molar-refractivity contribution in [3.05, 3.63) is 18.2 Å². The zero-order chi connectivity index (χ0) is 11.1. The third-order valence-corrected chi connectivity index (χ3v) is 2.17. The summed E-state index contributed by atoms with van der Waals surface area (Å²) in [5.41, 5.74) is 0. The molecule has 0 atom stereocenters. The van der Waals surface area contributed by atoms with Gasteiger partial charge in [-0.3, -0.25) is 0 Å². The van der Waals surface area contributed by atoms with Crippen molar-refractivity contribution in [1.82, 2.24) is 0 Å². The largest absolute Gasteiger partial charge is 0.497 e. The lowest BCUT2D eigenvalue weighted by atomic mass is 10.3. The summed E-state index contributed by atoms with van der Waals surface area (Å²) in [6, 6.07) is 5.44. The second kappa shape index (κ2) is 6.40. The van der Waals surface area contributed by atoms with Gasteiger partial charge in [-0.15, -0.1) is 11.6 Å². The van der Waals surface area contributed by atoms with Crippen molar-refractivity contribution in [2.24, 2.45) is 0 Å². The monoisotopic (exact) mass is 230 g/mol. The van der Waals surface area contributed by atoms with Gasteiger partial charge in [-0.1, -0.05) is 0 Å². The van der Waals surface area contributed by atoms with Crippen LogP contribution >= 0.6 is 11.6 Å². The zero-order valence-electron chi connectivity index (χ0n) is 8.96. The highest BCUT2D eigenvalue weighted by molar-refractivity contribution is 6.17. The third-order valence-electron chi connectivity index (χ3n) is 1.91. The van der Waals surface area contributed by atoms with Crippen LogP contribution in [0.15, 0.2) is 18.2 Å². The van der Waals surface area contributed by atoms with E-state index in [0.717, 1.165) is 12.2 Å². The normalized spacial score (nSPS) is 9.80. The number of benzene rings is 1. The molecule has 3 nitrogen and oxygen atoms in total. The van der Waals surface area contributed by atoms with Crippen molar-refractivity contribution in [1.29, 1.82) is 0 Å². The van der Waals surface area contributed by atoms with Crippen molar-refractivity contribution in [3.8, 4) is 17.2 Å². The van der Waals surface area contributed by atoms with E-state index in [4.69, 9.17) is 25.8 Å². The van der Waals surface area contributed by atoms with Gasteiger partial charge in [-0.25, -0.2) is 0 Å². The molecule has 1 aromatic rings. The minimum Gasteiger partial charge on any atom is -0.497 e. The fraction of sp³-hybridized carbons (Fsp3) is 0.455. The molecule has 1 rings (SSSR count). The molecule has 0 heterocycles. The topological polar surface area (TPSA) is 27.7 Å². The molecule has 0 radical (unpaired) electrons. The molecule has 15 heavy (non-hydrogen) atoms. The summed E-state index contributed by atoms with van der Waals surface area (Å²) < 4.78 is 15.8. The van der Waals surface area contributed by atoms with Crippen LogP contribution in [0.4, 0.5) is 0 Å². The molecule has 4 heteroatoms. The molecule has 0 aromatic heterocycles. The van der Waals surface area contributed by atoms with E-state index in [1.807, 2.05) is 12.1 Å². The Morgan fingerprint density at radius 3 is 2.53 bits per heavy atom. The molecule has 0 fully saturated rings. The van der Waals surface area contributed by atoms with E-state index in [2.05, 4.69) is 0 Å². The van der Waals surface area contributed by atoms with Crippen LogP contribution in [0.3, 0.4) is 0 Å². The lowest BCUT2D eigenvalue weighted by Crippen LogP contribution is -2.00. The molecule has 84 valence electrons. The van der Waals surface area contributed by atoms with E-state index < -0.39 is 0 Å². The lowest BCUT2D eigenvalue weighted by molar-refractivity contribution is 0.292. The second-order valence-corrected chi connectivity index (χ2v) is 3.29. The Kier molecular flexibility index (Phi) is 5.12. The molecule has 0 N–H and O–H groups in total. The smallest absolute Gasteiger partial charge is 0.164 e. The first kappa shape index (κ1) is 12.0. The van der Waals surface area contributed by atoms with Gasteiger partial charge in [0.1, 0.15) is 5.75 Å². The highest BCUT2D eigenvalue weighted by atomic mass is 35.5. The molecule has 0 bridgehead atoms. The predicted octanol–water partition coefficient (Wildman–Crippen LogP) is 2.71. The van der Waals surface area contributed by atoms with Gasteiger partial charge in [-0.2, -0.15) is 0 Å². The van der Waals surface area contributed by atoms with Crippen LogP contribution in [-0.4, -0.2) is 26.7 Å². The minimum atomic E-state index is 0.576. The maximum atomic E-state index is 5.56. The summed E-state index contributed by atoms with van der Waals surface area (Å²) in [4.78, 5) is 0. The van der Waals surface area contributed by atoms with Crippen molar-refractivity contribution in [2.45, 2.75) is 6.42 Å². The minimum absolute atomic E-state index is 0.576. The Morgan fingerprint density at radius 1 is 1.13 bits per heavy atom. The number of hydrogen-bond acceptors (Lipinski definition) is 3. The predicted molar refractivity (Wildman–Crippen MR) is 60.4 cm³/mol. The quantitative estimate of drug-likeness (QED) is 0.556. The summed E-state index contributed by atoms with van der Waals surface area (Å²) in [5.74, 6) is 2.72. The summed E-state index contributed by atoms with van der Waals surface area (Å²) in [5, 5.41) is 0. The Hall–Kier alpha value is -1.09. The van der Waals surface area contributed by atoms with Crippen LogP contribution in [-0.2, 0) is 0 Å². The Bertz CT molecular complexity index is 302. The van der Waals surface area contributed by atoms with Crippen LogP contribution in [0, 0.1) is 0 Å². The molecule has 0 spiro atoms. The summed E-state index contributed by atoms with van der Waals surface area (Å²) in [6.45, 7) is 0.576. The number of rotatable bonds is 6. The lowest BCUT2D eigenvalue weighted by Gasteiger charge is -2.11. The average molecular weight is 231 g/mol. The summed E-state index contributed by atoms with van der Waals surface area (Å²) >= 11 is 5.56. The zero-order valence-corrected chi connectivity index (χ0v) is 9.71. The van der Waals surface area contributed by atoms with Crippen molar-refractivity contribution < 1.29 is 14.2 Å². The highest BCUT2D eigenvalue weighted by Crippen LogP contribution is 2.31. The molecular weight excluding hydrogens is 216 g/mol. The van der Waals surface area contributed by atoms with Crippen LogP contribution in [0.1, 0.15) is 6.42 Å². The second-order valence-electron chi connectivity index (χ2n) is 2.91. The van der Waals surface area contributed by atoms with Gasteiger partial charge in [0.25, 0.3) is 0 Å². The van der Waals surface area contributed by atoms with Gasteiger partial charge in [0.2, 0.25) is 0 Å². The van der Waals surface area contributed by atoms with Gasteiger partial charge >= 0.3 is 0 Å². The number of alkyl halides is 1. The van der Waals surface area contributed by atoms with E-state index >= 15 is 0 Å². The molecule has 0 aliphatic heterocycles. The maximum Gasteiger partial charge on any atom is 0.164 e. The first-order chi connectivity index (χ1) is 7.31. The third kappa shape index (κ3) is 3.51. The Labute approximate surface area is 94.9 Å². The standard InChI is InChI=1S/C11H15ClO3/c1-13-9-4-5-10(14-2)11(8-9)15-7-3-6-12/h4-5,8H,3,6-7H2,1-2H3. The van der Waals surface area contributed by atoms with E-state index in [9.17, 15) is 0 Å². The van der Waals surface area contributed by atoms with Gasteiger partial charge in [0.05, 0.1) is 20.8 Å². The van der Waals surface area contributed by atoms with Gasteiger partial charge in [0.15, 0.2) is 11.5 Å². The average Bonchev–Trinajstić information content (AvgIpc) is 2.29. The van der Waals surface area contributed by atoms with Crippen molar-refractivity contribution in [2.75, 3.05) is 26.7 Å². The number of hydrogen-bond donors (Lipinski definition) is 0. The van der Waals surface area contributed by atoms with Crippen LogP contribution in [0.5, 0.6) is 17.2 Å². The van der Waals surface area contributed by atoms with E-state index in [1.54, 1.807) is 20.3 Å². The maximum absolute atomic E-state index is 5.56. The van der Waals surface area contributed by atoms with Gasteiger partial charge in [-0.05, 0) is 18.6 Å². The van der Waals surface area contributed by atoms with E-state index in [1.165, 1.54) is 0 Å². The number of halogens is 1. The molecular formula is C11H15ClO3. The molecule has 0 saturated heterocycles. The van der Waals surface area contributed by atoms with E-state index in [0.29, 0.717) is 24.0 Å². The number of ether oxygens (including phenoxy) is 3. The Morgan fingerprint density at radius 2 is 1.93 bits per heavy atom. The van der Waals surface area contributed by atoms with Crippen molar-refractivity contribution >= 4 is 11.6 Å². The Balaban J connectivity index is 2.72. The first-order valence-electron chi connectivity index (χ1n) is 4.72. The SMILES string of the molecule is COc1ccc(OC)c(OCCCCl)c1. The van der Waals surface area contributed by atoms with Crippen LogP contribution < -0.4 is 14.2 Å². The highest BCUT2D eigenvalue weighted by Gasteiger charge is 2.05. The molecule has 0 amide bonds. The van der Waals surface area contributed by atoms with Gasteiger partial charge < -0.3 is 14.2 Å². The first-order valence-corrected chi connectivity index (χ1v) is 5.26. The van der Waals surface area contributed by atoms with Crippen LogP contribution in [0.2, 0.25) is 0 Å².